The third-order valence-electron chi connectivity index (χ3n) is 2.30. The van der Waals surface area contributed by atoms with Gasteiger partial charge < -0.3 is 10.4 Å². The first-order chi connectivity index (χ1) is 3.86. The van der Waals surface area contributed by atoms with Crippen LogP contribution in [0.3, 0.4) is 0 Å². The number of nitrogens with one attached hydrogen (secondary N) is 1. The van der Waals surface area contributed by atoms with Gasteiger partial charge in [-0.3, -0.25) is 0 Å². The molecule has 0 aromatic rings. The summed E-state index contributed by atoms with van der Waals surface area (Å²) < 4.78 is 0. The lowest BCUT2D eigenvalue weighted by molar-refractivity contribution is 0.134. The largest absolute Gasteiger partial charge is 0.391 e. The van der Waals surface area contributed by atoms with E-state index in [0.29, 0.717) is 6.04 Å². The molecule has 0 amide bonds. The zero-order chi connectivity index (χ0) is 5.56. The van der Waals surface area contributed by atoms with E-state index in [1.54, 1.807) is 0 Å². The lowest BCUT2D eigenvalue weighted by Gasteiger charge is -2.16. The Bertz CT molecular complexity index is 103. The molecule has 0 aromatic heterocycles. The number of rotatable bonds is 0. The van der Waals surface area contributed by atoms with Crippen molar-refractivity contribution in [3.05, 3.63) is 0 Å². The van der Waals surface area contributed by atoms with Crippen molar-refractivity contribution in [1.29, 1.82) is 0 Å². The molecule has 1 aliphatic heterocycles. The highest BCUT2D eigenvalue weighted by atomic mass is 16.3. The number of fused-ring (bicyclic) bond motifs is 2. The van der Waals surface area contributed by atoms with Crippen molar-refractivity contribution in [3.8, 4) is 0 Å². The number of piperidine rings is 1. The second kappa shape index (κ2) is 1.45. The SMILES string of the molecule is O[C@@H]1C[C@@H]2CN[C@H]1C2. The fourth-order valence-corrected chi connectivity index (χ4v) is 1.82. The molecule has 2 heteroatoms. The Labute approximate surface area is 48.9 Å². The molecule has 1 saturated heterocycles. The zero-order valence-corrected chi connectivity index (χ0v) is 4.80. The average Bonchev–Trinajstić information content (AvgIpc) is 2.23. The molecule has 2 aliphatic rings. The van der Waals surface area contributed by atoms with E-state index in [2.05, 4.69) is 5.32 Å². The molecule has 2 rings (SSSR count). The quantitative estimate of drug-likeness (QED) is 0.453. The molecule has 1 heterocycles. The summed E-state index contributed by atoms with van der Waals surface area (Å²) in [5.74, 6) is 0.787. The summed E-state index contributed by atoms with van der Waals surface area (Å²) in [4.78, 5) is 0. The number of hydrogen-bond acceptors (Lipinski definition) is 2. The molecule has 0 spiro atoms. The van der Waals surface area contributed by atoms with Crippen LogP contribution in [-0.4, -0.2) is 23.8 Å². The van der Waals surface area contributed by atoms with E-state index in [1.165, 1.54) is 6.42 Å². The zero-order valence-electron chi connectivity index (χ0n) is 4.80. The topological polar surface area (TPSA) is 32.3 Å². The molecule has 8 heavy (non-hydrogen) atoms. The van der Waals surface area contributed by atoms with Gasteiger partial charge in [-0.1, -0.05) is 0 Å². The van der Waals surface area contributed by atoms with Crippen LogP contribution in [0.25, 0.3) is 0 Å². The van der Waals surface area contributed by atoms with Crippen molar-refractivity contribution in [2.24, 2.45) is 5.92 Å². The lowest BCUT2D eigenvalue weighted by Crippen LogP contribution is -2.36. The van der Waals surface area contributed by atoms with E-state index in [-0.39, 0.29) is 6.10 Å². The van der Waals surface area contributed by atoms with Gasteiger partial charge in [0.15, 0.2) is 0 Å². The minimum absolute atomic E-state index is 0.0336. The van der Waals surface area contributed by atoms with Crippen LogP contribution in [0, 0.1) is 5.92 Å². The van der Waals surface area contributed by atoms with Gasteiger partial charge in [-0.25, -0.2) is 0 Å². The number of aliphatic hydroxyl groups is 1. The smallest absolute Gasteiger partial charge is 0.0696 e. The standard InChI is InChI=1S/C6H11NO/c8-6-2-4-1-5(6)7-3-4/h4-8H,1-3H2/t4-,5+,6-/m1/s1. The molecule has 1 saturated carbocycles. The third kappa shape index (κ3) is 0.501. The second-order valence-corrected chi connectivity index (χ2v) is 2.92. The van der Waals surface area contributed by atoms with Crippen LogP contribution in [-0.2, 0) is 0 Å². The average molecular weight is 113 g/mol. The van der Waals surface area contributed by atoms with E-state index in [9.17, 15) is 0 Å². The maximum atomic E-state index is 9.16. The minimum Gasteiger partial charge on any atom is -0.391 e. The molecule has 0 aromatic carbocycles. The number of aliphatic hydroxyl groups excluding tert-OH is 1. The van der Waals surface area contributed by atoms with Crippen LogP contribution in [0.15, 0.2) is 0 Å². The van der Waals surface area contributed by atoms with E-state index >= 15 is 0 Å². The monoisotopic (exact) mass is 113 g/mol. The summed E-state index contributed by atoms with van der Waals surface area (Å²) in [6, 6.07) is 0.444. The van der Waals surface area contributed by atoms with Crippen LogP contribution in [0.4, 0.5) is 0 Å². The van der Waals surface area contributed by atoms with E-state index in [1.807, 2.05) is 0 Å². The van der Waals surface area contributed by atoms with Crippen molar-refractivity contribution < 1.29 is 5.11 Å². The van der Waals surface area contributed by atoms with Gasteiger partial charge in [0.05, 0.1) is 6.10 Å². The van der Waals surface area contributed by atoms with Crippen LogP contribution in [0.5, 0.6) is 0 Å². The molecule has 2 N–H and O–H groups in total. The molecule has 2 fully saturated rings. The maximum Gasteiger partial charge on any atom is 0.0696 e. The van der Waals surface area contributed by atoms with Crippen LogP contribution in [0.1, 0.15) is 12.8 Å². The van der Waals surface area contributed by atoms with Crippen molar-refractivity contribution in [1.82, 2.24) is 5.32 Å². The highest BCUT2D eigenvalue weighted by molar-refractivity contribution is 4.95. The summed E-state index contributed by atoms with van der Waals surface area (Å²) in [5, 5.41) is 12.4. The predicted octanol–water partition coefficient (Wildman–Crippen LogP) is -0.271. The molecule has 2 bridgehead atoms. The van der Waals surface area contributed by atoms with Crippen LogP contribution in [0.2, 0.25) is 0 Å². The van der Waals surface area contributed by atoms with Crippen LogP contribution >= 0.6 is 0 Å². The lowest BCUT2D eigenvalue weighted by atomic mass is 10.1. The Morgan fingerprint density at radius 1 is 1.38 bits per heavy atom. The fraction of sp³-hybridized carbons (Fsp3) is 1.00. The normalized spacial score (nSPS) is 52.9. The van der Waals surface area contributed by atoms with Crippen LogP contribution < -0.4 is 5.32 Å². The number of hydrogen-bond donors (Lipinski definition) is 2. The predicted molar refractivity (Wildman–Crippen MR) is 30.5 cm³/mol. The van der Waals surface area contributed by atoms with Gasteiger partial charge in [-0.2, -0.15) is 0 Å². The first kappa shape index (κ1) is 4.77. The van der Waals surface area contributed by atoms with Gasteiger partial charge in [-0.15, -0.1) is 0 Å². The molecule has 0 radical (unpaired) electrons. The Balaban J connectivity index is 2.11. The highest BCUT2D eigenvalue weighted by Crippen LogP contribution is 2.30. The highest BCUT2D eigenvalue weighted by Gasteiger charge is 2.37. The van der Waals surface area contributed by atoms with E-state index in [0.717, 1.165) is 18.9 Å². The fourth-order valence-electron chi connectivity index (χ4n) is 1.82. The van der Waals surface area contributed by atoms with Crippen molar-refractivity contribution >= 4 is 0 Å². The molecule has 1 aliphatic carbocycles. The molecule has 0 unspecified atom stereocenters. The maximum absolute atomic E-state index is 9.16. The molecular weight excluding hydrogens is 102 g/mol. The Morgan fingerprint density at radius 3 is 2.50 bits per heavy atom. The molecular formula is C6H11NO. The second-order valence-electron chi connectivity index (χ2n) is 2.92. The molecule has 3 atom stereocenters. The van der Waals surface area contributed by atoms with E-state index in [4.69, 9.17) is 5.11 Å². The first-order valence-corrected chi connectivity index (χ1v) is 3.28. The molecule has 2 nitrogen and oxygen atoms in total. The van der Waals surface area contributed by atoms with Gasteiger partial charge >= 0.3 is 0 Å². The van der Waals surface area contributed by atoms with Crippen molar-refractivity contribution in [3.63, 3.8) is 0 Å². The summed E-state index contributed by atoms with van der Waals surface area (Å²) in [7, 11) is 0. The Morgan fingerprint density at radius 2 is 2.25 bits per heavy atom. The summed E-state index contributed by atoms with van der Waals surface area (Å²) in [5.41, 5.74) is 0. The Kier molecular flexibility index (Phi) is 0.866. The van der Waals surface area contributed by atoms with E-state index < -0.39 is 0 Å². The van der Waals surface area contributed by atoms with Gasteiger partial charge in [-0.05, 0) is 25.3 Å². The van der Waals surface area contributed by atoms with Gasteiger partial charge in [0.2, 0.25) is 0 Å². The Hall–Kier alpha value is -0.0800. The first-order valence-electron chi connectivity index (χ1n) is 3.28. The minimum atomic E-state index is -0.0336. The third-order valence-corrected chi connectivity index (χ3v) is 2.30. The van der Waals surface area contributed by atoms with Gasteiger partial charge in [0.1, 0.15) is 0 Å². The molecule has 46 valence electrons. The summed E-state index contributed by atoms with van der Waals surface area (Å²) >= 11 is 0. The van der Waals surface area contributed by atoms with Crippen molar-refractivity contribution in [2.75, 3.05) is 6.54 Å². The summed E-state index contributed by atoms with van der Waals surface area (Å²) in [6.45, 7) is 1.14. The van der Waals surface area contributed by atoms with Gasteiger partial charge in [0, 0.05) is 6.04 Å². The van der Waals surface area contributed by atoms with Gasteiger partial charge in [0.25, 0.3) is 0 Å². The van der Waals surface area contributed by atoms with Crippen molar-refractivity contribution in [2.45, 2.75) is 25.0 Å². The summed E-state index contributed by atoms with van der Waals surface area (Å²) in [6.07, 6.45) is 2.22.